The fourth-order valence-corrected chi connectivity index (χ4v) is 1.93. The van der Waals surface area contributed by atoms with Crippen molar-refractivity contribution in [2.45, 2.75) is 13.8 Å². The molecule has 18 heavy (non-hydrogen) atoms. The highest BCUT2D eigenvalue weighted by molar-refractivity contribution is 6.32. The lowest BCUT2D eigenvalue weighted by molar-refractivity contribution is 0.0652. The summed E-state index contributed by atoms with van der Waals surface area (Å²) in [5, 5.41) is 22.5. The highest BCUT2D eigenvalue weighted by Crippen LogP contribution is 2.39. The van der Waals surface area contributed by atoms with E-state index in [4.69, 9.17) is 16.7 Å². The molecule has 1 aromatic carbocycles. The van der Waals surface area contributed by atoms with E-state index in [0.717, 1.165) is 11.1 Å². The number of halogens is 1. The van der Waals surface area contributed by atoms with Crippen LogP contribution in [-0.4, -0.2) is 21.3 Å². The van der Waals surface area contributed by atoms with Gasteiger partial charge in [-0.2, -0.15) is 0 Å². The van der Waals surface area contributed by atoms with Crippen LogP contribution in [0, 0.1) is 13.8 Å². The topological polar surface area (TPSA) is 83.6 Å². The number of phenolic OH excluding ortho intramolecular Hbond substituents is 1. The molecule has 1 aromatic heterocycles. The number of aromatic nitrogens is 1. The van der Waals surface area contributed by atoms with Gasteiger partial charge >= 0.3 is 5.97 Å². The second-order valence-electron chi connectivity index (χ2n) is 3.91. The van der Waals surface area contributed by atoms with Crippen LogP contribution in [0.15, 0.2) is 16.7 Å². The van der Waals surface area contributed by atoms with E-state index >= 15 is 0 Å². The Morgan fingerprint density at radius 3 is 2.61 bits per heavy atom. The number of benzene rings is 1. The van der Waals surface area contributed by atoms with Crippen molar-refractivity contribution in [3.05, 3.63) is 34.0 Å². The summed E-state index contributed by atoms with van der Waals surface area (Å²) in [4.78, 5) is 10.7. The number of aryl methyl sites for hydroxylation is 1. The number of carboxylic acids is 1. The van der Waals surface area contributed by atoms with Gasteiger partial charge < -0.3 is 14.7 Å². The van der Waals surface area contributed by atoms with Crippen LogP contribution in [0.1, 0.15) is 21.7 Å². The van der Waals surface area contributed by atoms with Gasteiger partial charge in [0.1, 0.15) is 11.4 Å². The molecule has 1 heterocycles. The van der Waals surface area contributed by atoms with E-state index < -0.39 is 5.97 Å². The van der Waals surface area contributed by atoms with Crippen molar-refractivity contribution in [3.8, 4) is 17.0 Å². The van der Waals surface area contributed by atoms with Crippen LogP contribution in [-0.2, 0) is 0 Å². The van der Waals surface area contributed by atoms with Crippen molar-refractivity contribution in [2.75, 3.05) is 0 Å². The van der Waals surface area contributed by atoms with E-state index in [1.165, 1.54) is 6.07 Å². The zero-order valence-electron chi connectivity index (χ0n) is 9.69. The van der Waals surface area contributed by atoms with Crippen molar-refractivity contribution in [1.82, 2.24) is 5.16 Å². The second-order valence-corrected chi connectivity index (χ2v) is 4.31. The van der Waals surface area contributed by atoms with Gasteiger partial charge in [-0.25, -0.2) is 4.79 Å². The van der Waals surface area contributed by atoms with E-state index in [1.807, 2.05) is 6.92 Å². The Morgan fingerprint density at radius 1 is 1.39 bits per heavy atom. The van der Waals surface area contributed by atoms with Crippen LogP contribution in [0.4, 0.5) is 0 Å². The molecule has 0 fully saturated rings. The maximum atomic E-state index is 10.7. The lowest BCUT2D eigenvalue weighted by Crippen LogP contribution is -1.92. The highest BCUT2D eigenvalue weighted by Gasteiger charge is 2.19. The molecule has 0 aliphatic heterocycles. The number of nitrogens with zero attached hydrogens (tertiary/aromatic N) is 1. The van der Waals surface area contributed by atoms with E-state index in [-0.39, 0.29) is 22.2 Å². The van der Waals surface area contributed by atoms with Crippen molar-refractivity contribution in [2.24, 2.45) is 0 Å². The zero-order chi connectivity index (χ0) is 13.4. The summed E-state index contributed by atoms with van der Waals surface area (Å²) in [7, 11) is 0. The Bertz CT molecular complexity index is 607. The van der Waals surface area contributed by atoms with Crippen molar-refractivity contribution in [1.29, 1.82) is 0 Å². The Kier molecular flexibility index (Phi) is 3.00. The average Bonchev–Trinajstić information content (AvgIpc) is 2.76. The molecule has 0 aliphatic carbocycles. The van der Waals surface area contributed by atoms with Crippen LogP contribution < -0.4 is 0 Å². The predicted molar refractivity (Wildman–Crippen MR) is 65.0 cm³/mol. The number of aromatic hydroxyl groups is 1. The molecule has 0 saturated heterocycles. The van der Waals surface area contributed by atoms with Gasteiger partial charge in [0.05, 0.1) is 10.6 Å². The third kappa shape index (κ3) is 1.93. The van der Waals surface area contributed by atoms with Gasteiger partial charge in [-0.05, 0) is 31.0 Å². The van der Waals surface area contributed by atoms with Gasteiger partial charge in [-0.15, -0.1) is 0 Å². The first-order valence-corrected chi connectivity index (χ1v) is 5.48. The summed E-state index contributed by atoms with van der Waals surface area (Å²) >= 11 is 5.89. The Hall–Kier alpha value is -2.01. The second kappa shape index (κ2) is 4.34. The number of hydrogen-bond donors (Lipinski definition) is 2. The Morgan fingerprint density at radius 2 is 2.06 bits per heavy atom. The minimum absolute atomic E-state index is 0.134. The third-order valence-corrected chi connectivity index (χ3v) is 3.04. The van der Waals surface area contributed by atoms with Gasteiger partial charge in [0.15, 0.2) is 0 Å². The largest absolute Gasteiger partial charge is 0.506 e. The standard InChI is InChI=1S/C12H10ClNO4/c1-5-3-7(13)11(15)10(6(5)2)8-4-9(12(16)17)18-14-8/h3-4,15H,1-2H3,(H,16,17). The van der Waals surface area contributed by atoms with Crippen LogP contribution in [0.25, 0.3) is 11.3 Å². The smallest absolute Gasteiger partial charge is 0.374 e. The van der Waals surface area contributed by atoms with E-state index in [1.54, 1.807) is 13.0 Å². The number of phenols is 1. The molecule has 0 amide bonds. The average molecular weight is 268 g/mol. The van der Waals surface area contributed by atoms with Gasteiger partial charge in [-0.3, -0.25) is 0 Å². The van der Waals surface area contributed by atoms with Crippen molar-refractivity contribution in [3.63, 3.8) is 0 Å². The first-order valence-electron chi connectivity index (χ1n) is 5.11. The molecular weight excluding hydrogens is 258 g/mol. The van der Waals surface area contributed by atoms with Crippen LogP contribution in [0.5, 0.6) is 5.75 Å². The van der Waals surface area contributed by atoms with Crippen LogP contribution in [0.3, 0.4) is 0 Å². The SMILES string of the molecule is Cc1cc(Cl)c(O)c(-c2cc(C(=O)O)on2)c1C. The van der Waals surface area contributed by atoms with Crippen LogP contribution >= 0.6 is 11.6 Å². The van der Waals surface area contributed by atoms with Crippen LogP contribution in [0.2, 0.25) is 5.02 Å². The fraction of sp³-hybridized carbons (Fsp3) is 0.167. The van der Waals surface area contributed by atoms with Gasteiger partial charge in [0, 0.05) is 6.07 Å². The van der Waals surface area contributed by atoms with E-state index in [2.05, 4.69) is 9.68 Å². The molecular formula is C12H10ClNO4. The molecule has 0 spiro atoms. The molecule has 0 saturated carbocycles. The summed E-state index contributed by atoms with van der Waals surface area (Å²) in [6, 6.07) is 2.88. The van der Waals surface area contributed by atoms with Crippen molar-refractivity contribution < 1.29 is 19.5 Å². The molecule has 2 aromatic rings. The number of rotatable bonds is 2. The molecule has 2 N–H and O–H groups in total. The summed E-state index contributed by atoms with van der Waals surface area (Å²) in [6.45, 7) is 3.62. The number of carbonyl (C=O) groups is 1. The van der Waals surface area contributed by atoms with Gasteiger partial charge in [0.2, 0.25) is 5.76 Å². The summed E-state index contributed by atoms with van der Waals surface area (Å²) < 4.78 is 4.67. The minimum atomic E-state index is -1.22. The summed E-state index contributed by atoms with van der Waals surface area (Å²) in [6.07, 6.45) is 0. The Labute approximate surface area is 108 Å². The molecule has 6 heteroatoms. The maximum Gasteiger partial charge on any atom is 0.374 e. The maximum absolute atomic E-state index is 10.7. The van der Waals surface area contributed by atoms with Gasteiger partial charge in [0.25, 0.3) is 0 Å². The van der Waals surface area contributed by atoms with Crippen molar-refractivity contribution >= 4 is 17.6 Å². The molecule has 0 atom stereocenters. The quantitative estimate of drug-likeness (QED) is 0.874. The highest BCUT2D eigenvalue weighted by atomic mass is 35.5. The molecule has 0 bridgehead atoms. The lowest BCUT2D eigenvalue weighted by Gasteiger charge is -2.09. The molecule has 94 valence electrons. The molecule has 0 unspecified atom stereocenters. The fourth-order valence-electron chi connectivity index (χ4n) is 1.67. The monoisotopic (exact) mass is 267 g/mol. The number of carboxylic acid groups (broad SMARTS) is 1. The Balaban J connectivity index is 2.66. The third-order valence-electron chi connectivity index (χ3n) is 2.75. The van der Waals surface area contributed by atoms with E-state index in [9.17, 15) is 9.90 Å². The van der Waals surface area contributed by atoms with Gasteiger partial charge in [-0.1, -0.05) is 16.8 Å². The summed E-state index contributed by atoms with van der Waals surface area (Å²) in [5.41, 5.74) is 2.26. The molecule has 5 nitrogen and oxygen atoms in total. The molecule has 0 aliphatic rings. The van der Waals surface area contributed by atoms with E-state index in [0.29, 0.717) is 5.56 Å². The zero-order valence-corrected chi connectivity index (χ0v) is 10.4. The molecule has 2 rings (SSSR count). The number of aromatic carboxylic acids is 1. The predicted octanol–water partition coefficient (Wildman–Crippen LogP) is 3.02. The minimum Gasteiger partial charge on any atom is -0.506 e. The molecule has 0 radical (unpaired) electrons. The number of hydrogen-bond acceptors (Lipinski definition) is 4. The lowest BCUT2D eigenvalue weighted by atomic mass is 9.99. The first-order chi connectivity index (χ1) is 8.41. The first kappa shape index (κ1) is 12.4. The summed E-state index contributed by atoms with van der Waals surface area (Å²) in [5.74, 6) is -1.64. The normalized spacial score (nSPS) is 10.6.